The molecule has 1 aromatic rings. The molecule has 10 nitrogen and oxygen atoms in total. The number of methoxy groups -OCH3 is 1. The molecule has 0 heterocycles. The summed E-state index contributed by atoms with van der Waals surface area (Å²) >= 11 is 0. The Hall–Kier alpha value is -3.37. The van der Waals surface area contributed by atoms with Gasteiger partial charge >= 0.3 is 0 Å². The van der Waals surface area contributed by atoms with Crippen LogP contribution in [0.25, 0.3) is 5.76 Å². The normalized spacial score (nSPS) is 27.5. The smallest absolute Gasteiger partial charge is 0.255 e. The van der Waals surface area contributed by atoms with Gasteiger partial charge in [0.05, 0.1) is 12.7 Å². The number of phenols is 1. The summed E-state index contributed by atoms with van der Waals surface area (Å²) in [4.78, 5) is 37.9. The van der Waals surface area contributed by atoms with Crippen molar-refractivity contribution in [2.24, 2.45) is 23.5 Å². The molecular formula is C29H36N2O8. The maximum absolute atomic E-state index is 13.6. The Morgan fingerprint density at radius 2 is 1.82 bits per heavy atom. The summed E-state index contributed by atoms with van der Waals surface area (Å²) in [5.41, 5.74) is 2.98. The number of ketones is 2. The van der Waals surface area contributed by atoms with Gasteiger partial charge in [-0.2, -0.15) is 0 Å². The number of Topliss-reactive ketones (excluding diaryl/α,β-unsaturated/α-hetero) is 2. The maximum Gasteiger partial charge on any atom is 0.255 e. The van der Waals surface area contributed by atoms with Crippen LogP contribution in [0.3, 0.4) is 0 Å². The monoisotopic (exact) mass is 540 g/mol. The van der Waals surface area contributed by atoms with Gasteiger partial charge in [-0.05, 0) is 50.1 Å². The molecule has 0 radical (unpaired) electrons. The number of amides is 1. The SMILES string of the molecule is COc1c(CNCC2CCCCCC2)cc(O)c2c1CC1C[C@H]3CC(=O)C(C(N)=O)=C(O)[C@@]3(O)C(=O)C1=C2O. The topological polar surface area (TPSA) is 179 Å². The fourth-order valence-corrected chi connectivity index (χ4v) is 7.10. The molecule has 0 aliphatic heterocycles. The second kappa shape index (κ2) is 10.3. The lowest BCUT2D eigenvalue weighted by Gasteiger charge is -2.46. The molecule has 39 heavy (non-hydrogen) atoms. The molecule has 1 aromatic carbocycles. The first-order valence-corrected chi connectivity index (χ1v) is 13.7. The minimum atomic E-state index is -2.57. The average Bonchev–Trinajstić information content (AvgIpc) is 3.15. The molecule has 2 saturated carbocycles. The van der Waals surface area contributed by atoms with E-state index in [1.54, 1.807) is 0 Å². The van der Waals surface area contributed by atoms with Gasteiger partial charge in [0.25, 0.3) is 5.91 Å². The lowest BCUT2D eigenvalue weighted by molar-refractivity contribution is -0.147. The van der Waals surface area contributed by atoms with E-state index in [4.69, 9.17) is 10.5 Å². The second-order valence-electron chi connectivity index (χ2n) is 11.3. The molecule has 3 atom stereocenters. The molecule has 4 aliphatic carbocycles. The third-order valence-corrected chi connectivity index (χ3v) is 9.02. The van der Waals surface area contributed by atoms with Crippen LogP contribution in [0, 0.1) is 17.8 Å². The van der Waals surface area contributed by atoms with Crippen molar-refractivity contribution in [1.29, 1.82) is 0 Å². The van der Waals surface area contributed by atoms with Crippen molar-refractivity contribution >= 4 is 23.2 Å². The zero-order chi connectivity index (χ0) is 28.1. The first-order chi connectivity index (χ1) is 18.6. The van der Waals surface area contributed by atoms with Crippen molar-refractivity contribution in [2.45, 2.75) is 69.9 Å². The fraction of sp³-hybridized carbons (Fsp3) is 0.552. The highest BCUT2D eigenvalue weighted by Crippen LogP contribution is 2.53. The van der Waals surface area contributed by atoms with Crippen LogP contribution >= 0.6 is 0 Å². The standard InChI is InChI=1S/C29H36N2O8/c1-39-25-16(13-31-12-14-6-4-2-3-5-7-14)10-19(32)22-18(25)9-15-8-17-11-20(33)23(28(30)37)27(36)29(17,38)26(35)21(15)24(22)34/h10,14-15,17,31-32,34,36,38H,2-9,11-13H2,1H3,(H2,30,37)/t15?,17-,29-/m0/s1. The number of nitrogens with one attached hydrogen (secondary N) is 1. The van der Waals surface area contributed by atoms with Gasteiger partial charge in [0.15, 0.2) is 11.4 Å². The number of rotatable bonds is 6. The van der Waals surface area contributed by atoms with Crippen molar-refractivity contribution in [3.63, 3.8) is 0 Å². The number of aliphatic hydroxyl groups excluding tert-OH is 2. The summed E-state index contributed by atoms with van der Waals surface area (Å²) in [5, 5.41) is 47.8. The van der Waals surface area contributed by atoms with Crippen molar-refractivity contribution < 1.29 is 39.5 Å². The lowest BCUT2D eigenvalue weighted by atomic mass is 9.59. The van der Waals surface area contributed by atoms with Crippen LogP contribution in [-0.4, -0.2) is 57.2 Å². The van der Waals surface area contributed by atoms with Crippen molar-refractivity contribution in [2.75, 3.05) is 13.7 Å². The molecule has 5 rings (SSSR count). The van der Waals surface area contributed by atoms with Gasteiger partial charge in [-0.1, -0.05) is 25.7 Å². The Morgan fingerprint density at radius 1 is 1.13 bits per heavy atom. The lowest BCUT2D eigenvalue weighted by Crippen LogP contribution is -2.58. The number of fused-ring (bicyclic) bond motifs is 3. The Balaban J connectivity index is 1.49. The third-order valence-electron chi connectivity index (χ3n) is 9.02. The Labute approximate surface area is 226 Å². The Kier molecular flexibility index (Phi) is 7.19. The first kappa shape index (κ1) is 27.2. The highest BCUT2D eigenvalue weighted by atomic mass is 16.5. The molecule has 1 amide bonds. The number of ether oxygens (including phenoxy) is 1. The number of hydrogen-bond acceptors (Lipinski definition) is 9. The Bertz CT molecular complexity index is 1290. The van der Waals surface area contributed by atoms with Crippen LogP contribution in [0.2, 0.25) is 0 Å². The maximum atomic E-state index is 13.6. The van der Waals surface area contributed by atoms with Gasteiger partial charge in [0.2, 0.25) is 5.78 Å². The fourth-order valence-electron chi connectivity index (χ4n) is 7.10. The molecule has 210 valence electrons. The van der Waals surface area contributed by atoms with E-state index in [0.717, 1.165) is 12.1 Å². The predicted octanol–water partition coefficient (Wildman–Crippen LogP) is 2.49. The van der Waals surface area contributed by atoms with Crippen molar-refractivity contribution in [3.8, 4) is 11.5 Å². The minimum absolute atomic E-state index is 0.0338. The predicted molar refractivity (Wildman–Crippen MR) is 141 cm³/mol. The van der Waals surface area contributed by atoms with Gasteiger partial charge in [0.1, 0.15) is 28.6 Å². The number of aliphatic hydroxyl groups is 3. The summed E-state index contributed by atoms with van der Waals surface area (Å²) in [6.45, 7) is 1.30. The number of hydrogen-bond donors (Lipinski definition) is 6. The summed E-state index contributed by atoms with van der Waals surface area (Å²) in [5.74, 6) is -5.34. The largest absolute Gasteiger partial charge is 0.508 e. The highest BCUT2D eigenvalue weighted by Gasteiger charge is 2.60. The van der Waals surface area contributed by atoms with Crippen molar-refractivity contribution in [1.82, 2.24) is 5.32 Å². The first-order valence-electron chi connectivity index (χ1n) is 13.7. The van der Waals surface area contributed by atoms with E-state index in [9.17, 15) is 34.8 Å². The molecule has 7 N–H and O–H groups in total. The van der Waals surface area contributed by atoms with Crippen LogP contribution in [0.15, 0.2) is 23.0 Å². The molecule has 0 aromatic heterocycles. The van der Waals surface area contributed by atoms with E-state index >= 15 is 0 Å². The summed E-state index contributed by atoms with van der Waals surface area (Å²) in [7, 11) is 1.51. The van der Waals surface area contributed by atoms with E-state index in [1.165, 1.54) is 51.7 Å². The van der Waals surface area contributed by atoms with Gasteiger partial charge in [-0.25, -0.2) is 0 Å². The molecule has 1 unspecified atom stereocenters. The Morgan fingerprint density at radius 3 is 2.46 bits per heavy atom. The van der Waals surface area contributed by atoms with Crippen LogP contribution in [0.4, 0.5) is 0 Å². The molecule has 2 fully saturated rings. The molecule has 4 aliphatic rings. The van der Waals surface area contributed by atoms with Gasteiger partial charge in [-0.3, -0.25) is 14.4 Å². The van der Waals surface area contributed by atoms with Crippen LogP contribution in [0.5, 0.6) is 11.5 Å². The number of carbonyl (C=O) groups is 3. The number of nitrogens with two attached hydrogens (primary N) is 1. The summed E-state index contributed by atoms with van der Waals surface area (Å²) < 4.78 is 5.75. The van der Waals surface area contributed by atoms with E-state index in [2.05, 4.69) is 5.32 Å². The minimum Gasteiger partial charge on any atom is -0.508 e. The molecule has 0 saturated heterocycles. The van der Waals surface area contributed by atoms with Crippen molar-refractivity contribution in [3.05, 3.63) is 39.7 Å². The van der Waals surface area contributed by atoms with E-state index in [-0.39, 0.29) is 36.1 Å². The zero-order valence-electron chi connectivity index (χ0n) is 22.1. The molecular weight excluding hydrogens is 504 g/mol. The van der Waals surface area contributed by atoms with Gasteiger partial charge in [-0.15, -0.1) is 0 Å². The highest BCUT2D eigenvalue weighted by molar-refractivity contribution is 6.22. The third kappa shape index (κ3) is 4.39. The summed E-state index contributed by atoms with van der Waals surface area (Å²) in [6.07, 6.45) is 7.36. The van der Waals surface area contributed by atoms with Crippen LogP contribution in [-0.2, 0) is 27.3 Å². The van der Waals surface area contributed by atoms with E-state index < -0.39 is 52.0 Å². The van der Waals surface area contributed by atoms with E-state index in [0.29, 0.717) is 23.8 Å². The van der Waals surface area contributed by atoms with Gasteiger partial charge < -0.3 is 36.2 Å². The molecule has 0 bridgehead atoms. The van der Waals surface area contributed by atoms with Crippen LogP contribution in [0.1, 0.15) is 68.1 Å². The average molecular weight is 541 g/mol. The quantitative estimate of drug-likeness (QED) is 0.233. The number of benzene rings is 1. The second-order valence-corrected chi connectivity index (χ2v) is 11.3. The number of phenolic OH excluding ortho intramolecular Hbond substituents is 1. The van der Waals surface area contributed by atoms with E-state index in [1.807, 2.05) is 0 Å². The van der Waals surface area contributed by atoms with Crippen LogP contribution < -0.4 is 15.8 Å². The molecule has 0 spiro atoms. The number of primary amides is 1. The number of aromatic hydroxyl groups is 1. The number of carbonyl (C=O) groups excluding carboxylic acids is 3. The summed E-state index contributed by atoms with van der Waals surface area (Å²) in [6, 6.07) is 1.50. The van der Waals surface area contributed by atoms with Gasteiger partial charge in [0, 0.05) is 35.6 Å². The molecule has 10 heteroatoms. The zero-order valence-corrected chi connectivity index (χ0v) is 22.1.